The number of ether oxygens (including phenoxy) is 1. The number of carboxylic acid groups (broad SMARTS) is 1. The van der Waals surface area contributed by atoms with Crippen LogP contribution in [0.2, 0.25) is 0 Å². The molecule has 98 valence electrons. The Morgan fingerprint density at radius 1 is 1.41 bits per heavy atom. The van der Waals surface area contributed by atoms with Crippen LogP contribution in [0.3, 0.4) is 0 Å². The molecule has 0 rings (SSSR count). The Labute approximate surface area is 96.1 Å². The van der Waals surface area contributed by atoms with E-state index in [1.165, 1.54) is 0 Å². The number of esters is 1. The number of hydrogen-bond donors (Lipinski definition) is 1. The van der Waals surface area contributed by atoms with E-state index in [-0.39, 0.29) is 6.61 Å². The number of unbranched alkanes of at least 4 members (excludes halogenated alkanes) is 1. The monoisotopic (exact) mass is 254 g/mol. The van der Waals surface area contributed by atoms with Crippen molar-refractivity contribution in [2.75, 3.05) is 6.61 Å². The van der Waals surface area contributed by atoms with Gasteiger partial charge in [0, 0.05) is 0 Å². The first-order valence-electron chi connectivity index (χ1n) is 4.85. The number of halogens is 3. The van der Waals surface area contributed by atoms with Crippen LogP contribution in [0.4, 0.5) is 13.2 Å². The van der Waals surface area contributed by atoms with E-state index in [0.29, 0.717) is 12.8 Å². The molecule has 17 heavy (non-hydrogen) atoms. The van der Waals surface area contributed by atoms with Crippen LogP contribution in [-0.4, -0.2) is 29.8 Å². The molecule has 0 saturated carbocycles. The molecule has 0 aliphatic rings. The zero-order valence-electron chi connectivity index (χ0n) is 9.00. The number of carbonyl (C=O) groups excluding carboxylic acids is 1. The number of alkyl halides is 3. The summed E-state index contributed by atoms with van der Waals surface area (Å²) < 4.78 is 41.0. The summed E-state index contributed by atoms with van der Waals surface area (Å²) in [6, 6.07) is 0. The molecule has 0 saturated heterocycles. The fourth-order valence-electron chi connectivity index (χ4n) is 0.982. The fourth-order valence-corrected chi connectivity index (χ4v) is 0.982. The lowest BCUT2D eigenvalue weighted by atomic mass is 10.1. The molecule has 1 unspecified atom stereocenters. The van der Waals surface area contributed by atoms with Gasteiger partial charge in [-0.25, -0.2) is 0 Å². The molecular formula is C10H13F3O4. The van der Waals surface area contributed by atoms with Crippen molar-refractivity contribution in [3.05, 3.63) is 12.7 Å². The van der Waals surface area contributed by atoms with Crippen molar-refractivity contribution < 1.29 is 32.6 Å². The molecule has 0 aromatic rings. The summed E-state index contributed by atoms with van der Waals surface area (Å²) in [6.07, 6.45) is -3.57. The maximum absolute atomic E-state index is 12.2. The van der Waals surface area contributed by atoms with Crippen molar-refractivity contribution >= 4 is 11.9 Å². The minimum absolute atomic E-state index is 0.0466. The molecule has 0 aromatic carbocycles. The van der Waals surface area contributed by atoms with E-state index in [9.17, 15) is 22.8 Å². The van der Waals surface area contributed by atoms with Crippen LogP contribution in [0.25, 0.3) is 0 Å². The van der Waals surface area contributed by atoms with Crippen molar-refractivity contribution in [2.45, 2.75) is 25.4 Å². The summed E-state index contributed by atoms with van der Waals surface area (Å²) >= 11 is 0. The highest BCUT2D eigenvalue weighted by molar-refractivity contribution is 5.79. The van der Waals surface area contributed by atoms with E-state index < -0.39 is 30.5 Å². The van der Waals surface area contributed by atoms with Gasteiger partial charge in [0.15, 0.2) is 5.92 Å². The summed E-state index contributed by atoms with van der Waals surface area (Å²) in [5.41, 5.74) is 0. The van der Waals surface area contributed by atoms with E-state index in [4.69, 9.17) is 5.11 Å². The first kappa shape index (κ1) is 15.5. The fraction of sp³-hybridized carbons (Fsp3) is 0.600. The van der Waals surface area contributed by atoms with Gasteiger partial charge < -0.3 is 9.84 Å². The van der Waals surface area contributed by atoms with Gasteiger partial charge in [0.05, 0.1) is 13.0 Å². The molecule has 0 heterocycles. The Hall–Kier alpha value is -1.53. The molecule has 0 bridgehead atoms. The Balaban J connectivity index is 4.15. The average molecular weight is 254 g/mol. The highest BCUT2D eigenvalue weighted by Crippen LogP contribution is 2.29. The van der Waals surface area contributed by atoms with Crippen LogP contribution in [0.1, 0.15) is 19.3 Å². The summed E-state index contributed by atoms with van der Waals surface area (Å²) in [5, 5.41) is 8.33. The minimum atomic E-state index is -4.95. The highest BCUT2D eigenvalue weighted by Gasteiger charge is 2.46. The molecular weight excluding hydrogens is 241 g/mol. The van der Waals surface area contributed by atoms with Gasteiger partial charge in [-0.2, -0.15) is 13.2 Å². The van der Waals surface area contributed by atoms with E-state index in [0.717, 1.165) is 0 Å². The molecule has 1 atom stereocenters. The maximum atomic E-state index is 12.2. The lowest BCUT2D eigenvalue weighted by Crippen LogP contribution is -2.33. The Bertz CT molecular complexity index is 286. The number of aliphatic carboxylic acids is 1. The molecule has 0 aromatic heterocycles. The van der Waals surface area contributed by atoms with Gasteiger partial charge in [-0.3, -0.25) is 9.59 Å². The number of rotatable bonds is 7. The molecule has 0 amide bonds. The number of hydrogen-bond acceptors (Lipinski definition) is 3. The van der Waals surface area contributed by atoms with E-state index in [2.05, 4.69) is 11.3 Å². The SMILES string of the molecule is C=CCCCOC(=O)CC(C(=O)O)C(F)(F)F. The third-order valence-electron chi connectivity index (χ3n) is 1.88. The van der Waals surface area contributed by atoms with Gasteiger partial charge in [-0.05, 0) is 12.8 Å². The zero-order valence-corrected chi connectivity index (χ0v) is 9.00. The third kappa shape index (κ3) is 6.60. The Morgan fingerprint density at radius 2 is 2.00 bits per heavy atom. The molecule has 0 fully saturated rings. The Kier molecular flexibility index (Phi) is 6.30. The van der Waals surface area contributed by atoms with Gasteiger partial charge in [-0.15, -0.1) is 6.58 Å². The maximum Gasteiger partial charge on any atom is 0.402 e. The molecule has 0 aliphatic heterocycles. The molecule has 0 radical (unpaired) electrons. The number of carbonyl (C=O) groups is 2. The second-order valence-corrected chi connectivity index (χ2v) is 3.29. The second kappa shape index (κ2) is 6.93. The first-order chi connectivity index (χ1) is 7.79. The lowest BCUT2D eigenvalue weighted by molar-refractivity contribution is -0.198. The van der Waals surface area contributed by atoms with Crippen molar-refractivity contribution in [1.29, 1.82) is 0 Å². The lowest BCUT2D eigenvalue weighted by Gasteiger charge is -2.15. The summed E-state index contributed by atoms with van der Waals surface area (Å²) in [5.74, 6) is -5.96. The van der Waals surface area contributed by atoms with Gasteiger partial charge in [-0.1, -0.05) is 6.08 Å². The average Bonchev–Trinajstić information content (AvgIpc) is 2.19. The van der Waals surface area contributed by atoms with Crippen LogP contribution in [-0.2, 0) is 14.3 Å². The zero-order chi connectivity index (χ0) is 13.5. The van der Waals surface area contributed by atoms with E-state index in [1.54, 1.807) is 6.08 Å². The molecule has 0 aliphatic carbocycles. The molecule has 4 nitrogen and oxygen atoms in total. The summed E-state index contributed by atoms with van der Waals surface area (Å²) in [4.78, 5) is 21.3. The van der Waals surface area contributed by atoms with Crippen molar-refractivity contribution in [3.8, 4) is 0 Å². The van der Waals surface area contributed by atoms with E-state index in [1.807, 2.05) is 0 Å². The summed E-state index contributed by atoms with van der Waals surface area (Å²) in [7, 11) is 0. The molecule has 0 spiro atoms. The standard InChI is InChI=1S/C10H13F3O4/c1-2-3-4-5-17-8(14)6-7(9(15)16)10(11,12)13/h2,7H,1,3-6H2,(H,15,16). The predicted molar refractivity (Wildman–Crippen MR) is 52.2 cm³/mol. The quantitative estimate of drug-likeness (QED) is 0.429. The van der Waals surface area contributed by atoms with Crippen LogP contribution in [0, 0.1) is 5.92 Å². The smallest absolute Gasteiger partial charge is 0.402 e. The van der Waals surface area contributed by atoms with Crippen LogP contribution in [0.15, 0.2) is 12.7 Å². The molecule has 7 heteroatoms. The van der Waals surface area contributed by atoms with Gasteiger partial charge in [0.25, 0.3) is 0 Å². The van der Waals surface area contributed by atoms with Gasteiger partial charge >= 0.3 is 18.1 Å². The normalized spacial score (nSPS) is 12.9. The minimum Gasteiger partial charge on any atom is -0.481 e. The molecule has 1 N–H and O–H groups in total. The van der Waals surface area contributed by atoms with Gasteiger partial charge in [0.2, 0.25) is 0 Å². The Morgan fingerprint density at radius 3 is 2.41 bits per heavy atom. The summed E-state index contributed by atoms with van der Waals surface area (Å²) in [6.45, 7) is 3.37. The van der Waals surface area contributed by atoms with E-state index >= 15 is 0 Å². The van der Waals surface area contributed by atoms with Crippen LogP contribution in [0.5, 0.6) is 0 Å². The highest BCUT2D eigenvalue weighted by atomic mass is 19.4. The second-order valence-electron chi connectivity index (χ2n) is 3.29. The van der Waals surface area contributed by atoms with Crippen molar-refractivity contribution in [2.24, 2.45) is 5.92 Å². The largest absolute Gasteiger partial charge is 0.481 e. The van der Waals surface area contributed by atoms with Crippen molar-refractivity contribution in [3.63, 3.8) is 0 Å². The third-order valence-corrected chi connectivity index (χ3v) is 1.88. The first-order valence-corrected chi connectivity index (χ1v) is 4.85. The number of carboxylic acids is 1. The topological polar surface area (TPSA) is 63.6 Å². The van der Waals surface area contributed by atoms with Crippen LogP contribution >= 0.6 is 0 Å². The van der Waals surface area contributed by atoms with Crippen molar-refractivity contribution in [1.82, 2.24) is 0 Å². The number of allylic oxidation sites excluding steroid dienone is 1. The van der Waals surface area contributed by atoms with Gasteiger partial charge in [0.1, 0.15) is 0 Å². The predicted octanol–water partition coefficient (Wildman–Crippen LogP) is 2.15. The van der Waals surface area contributed by atoms with Crippen LogP contribution < -0.4 is 0 Å².